The maximum atomic E-state index is 12.5. The molecule has 6 heteroatoms. The average molecular weight is 346 g/mol. The maximum Gasteiger partial charge on any atom is 0.321 e. The van der Waals surface area contributed by atoms with Crippen LogP contribution in [0.15, 0.2) is 24.3 Å². The number of urea groups is 1. The zero-order valence-electron chi connectivity index (χ0n) is 15.3. The van der Waals surface area contributed by atoms with Crippen LogP contribution in [0.3, 0.4) is 0 Å². The van der Waals surface area contributed by atoms with E-state index in [9.17, 15) is 9.90 Å². The minimum absolute atomic E-state index is 0.167. The Morgan fingerprint density at radius 1 is 1.28 bits per heavy atom. The Kier molecular flexibility index (Phi) is 5.81. The van der Waals surface area contributed by atoms with Gasteiger partial charge in [0.25, 0.3) is 0 Å². The first-order valence-corrected chi connectivity index (χ1v) is 9.35. The quantitative estimate of drug-likeness (QED) is 0.828. The van der Waals surface area contributed by atoms with Crippen LogP contribution in [0.4, 0.5) is 16.2 Å². The van der Waals surface area contributed by atoms with Gasteiger partial charge in [-0.25, -0.2) is 4.79 Å². The van der Waals surface area contributed by atoms with Crippen molar-refractivity contribution in [2.45, 2.75) is 25.9 Å². The fourth-order valence-electron chi connectivity index (χ4n) is 3.36. The Hall–Kier alpha value is -1.79. The van der Waals surface area contributed by atoms with E-state index in [0.717, 1.165) is 56.9 Å². The Balaban J connectivity index is 1.61. The van der Waals surface area contributed by atoms with Crippen LogP contribution in [0.25, 0.3) is 0 Å². The number of nitrogens with one attached hydrogen (secondary N) is 1. The zero-order valence-corrected chi connectivity index (χ0v) is 15.3. The van der Waals surface area contributed by atoms with Gasteiger partial charge in [-0.15, -0.1) is 0 Å². The fourth-order valence-corrected chi connectivity index (χ4v) is 3.36. The van der Waals surface area contributed by atoms with Crippen molar-refractivity contribution in [2.24, 2.45) is 5.92 Å². The summed E-state index contributed by atoms with van der Waals surface area (Å²) in [6.45, 7) is 7.69. The summed E-state index contributed by atoms with van der Waals surface area (Å²) in [5.74, 6) is 0.373. The van der Waals surface area contributed by atoms with Crippen molar-refractivity contribution < 1.29 is 9.90 Å². The van der Waals surface area contributed by atoms with Crippen LogP contribution in [-0.2, 0) is 0 Å². The second-order valence-electron chi connectivity index (χ2n) is 7.15. The molecule has 1 aliphatic heterocycles. The molecule has 1 atom stereocenters. The van der Waals surface area contributed by atoms with Gasteiger partial charge in [0.2, 0.25) is 0 Å². The Labute approximate surface area is 150 Å². The Morgan fingerprint density at radius 3 is 2.60 bits per heavy atom. The molecule has 2 fully saturated rings. The smallest absolute Gasteiger partial charge is 0.321 e. The summed E-state index contributed by atoms with van der Waals surface area (Å²) in [5.41, 5.74) is 1.91. The van der Waals surface area contributed by atoms with E-state index in [1.807, 2.05) is 18.2 Å². The predicted molar refractivity (Wildman–Crippen MR) is 101 cm³/mol. The lowest BCUT2D eigenvalue weighted by molar-refractivity contribution is 0.117. The van der Waals surface area contributed by atoms with Crippen molar-refractivity contribution >= 4 is 17.4 Å². The van der Waals surface area contributed by atoms with E-state index >= 15 is 0 Å². The number of nitrogens with zero attached hydrogens (tertiary/aromatic N) is 3. The summed E-state index contributed by atoms with van der Waals surface area (Å²) in [7, 11) is 1.74. The fraction of sp³-hybridized carbons (Fsp3) is 0.632. The number of aliphatic hydroxyl groups is 1. The minimum Gasteiger partial charge on any atom is -0.391 e. The molecule has 0 radical (unpaired) electrons. The molecule has 25 heavy (non-hydrogen) atoms. The molecule has 2 amide bonds. The zero-order chi connectivity index (χ0) is 17.8. The van der Waals surface area contributed by atoms with E-state index in [1.165, 1.54) is 0 Å². The number of piperazine rings is 1. The summed E-state index contributed by atoms with van der Waals surface area (Å²) >= 11 is 0. The number of hydrogen-bond donors (Lipinski definition) is 2. The average Bonchev–Trinajstić information content (AvgIpc) is 3.47. The molecule has 3 rings (SSSR count). The van der Waals surface area contributed by atoms with Crippen molar-refractivity contribution in [1.82, 2.24) is 9.80 Å². The molecule has 1 aliphatic carbocycles. The molecule has 1 heterocycles. The SMILES string of the molecule is CCN1CCN(c2ccccc2NC(=O)N(C)CC(O)C2CC2)CC1. The molecule has 1 aromatic rings. The van der Waals surface area contributed by atoms with Crippen molar-refractivity contribution in [1.29, 1.82) is 0 Å². The lowest BCUT2D eigenvalue weighted by Crippen LogP contribution is -2.46. The number of para-hydroxylation sites is 2. The second-order valence-corrected chi connectivity index (χ2v) is 7.15. The monoisotopic (exact) mass is 346 g/mol. The molecule has 6 nitrogen and oxygen atoms in total. The lowest BCUT2D eigenvalue weighted by atomic mass is 10.2. The van der Waals surface area contributed by atoms with E-state index in [-0.39, 0.29) is 6.03 Å². The highest BCUT2D eigenvalue weighted by Gasteiger charge is 2.31. The number of anilines is 2. The van der Waals surface area contributed by atoms with E-state index < -0.39 is 6.10 Å². The highest BCUT2D eigenvalue weighted by molar-refractivity contribution is 5.93. The Bertz CT molecular complexity index is 583. The largest absolute Gasteiger partial charge is 0.391 e. The summed E-state index contributed by atoms with van der Waals surface area (Å²) in [4.78, 5) is 18.8. The molecule has 1 aromatic carbocycles. The van der Waals surface area contributed by atoms with Crippen molar-refractivity contribution in [2.75, 3.05) is 56.5 Å². The number of carbonyl (C=O) groups excluding carboxylic acids is 1. The van der Waals surface area contributed by atoms with E-state index in [0.29, 0.717) is 12.5 Å². The maximum absolute atomic E-state index is 12.5. The summed E-state index contributed by atoms with van der Waals surface area (Å²) in [6.07, 6.45) is 1.74. The van der Waals surface area contributed by atoms with Crippen LogP contribution in [0.1, 0.15) is 19.8 Å². The normalized spacial score (nSPS) is 19.6. The summed E-state index contributed by atoms with van der Waals surface area (Å²) in [6, 6.07) is 7.80. The van der Waals surface area contributed by atoms with Crippen LogP contribution >= 0.6 is 0 Å². The van der Waals surface area contributed by atoms with E-state index in [4.69, 9.17) is 0 Å². The first kappa shape index (κ1) is 18.0. The van der Waals surface area contributed by atoms with Gasteiger partial charge < -0.3 is 25.1 Å². The first-order valence-electron chi connectivity index (χ1n) is 9.35. The molecule has 0 spiro atoms. The van der Waals surface area contributed by atoms with Gasteiger partial charge in [0.1, 0.15) is 0 Å². The first-order chi connectivity index (χ1) is 12.1. The van der Waals surface area contributed by atoms with Gasteiger partial charge in [0.15, 0.2) is 0 Å². The molecule has 2 aliphatic rings. The van der Waals surface area contributed by atoms with Crippen LogP contribution < -0.4 is 10.2 Å². The molecule has 1 saturated carbocycles. The number of carbonyl (C=O) groups is 1. The van der Waals surface area contributed by atoms with Crippen LogP contribution in [0, 0.1) is 5.92 Å². The van der Waals surface area contributed by atoms with Crippen molar-refractivity contribution in [3.8, 4) is 0 Å². The van der Waals surface area contributed by atoms with Crippen LogP contribution in [0.5, 0.6) is 0 Å². The highest BCUT2D eigenvalue weighted by atomic mass is 16.3. The molecule has 2 N–H and O–H groups in total. The molecule has 138 valence electrons. The van der Waals surface area contributed by atoms with Gasteiger partial charge in [-0.3, -0.25) is 0 Å². The molecular formula is C19H30N4O2. The predicted octanol–water partition coefficient (Wildman–Crippen LogP) is 2.06. The van der Waals surface area contributed by atoms with Gasteiger partial charge in [0, 0.05) is 39.8 Å². The van der Waals surface area contributed by atoms with Crippen molar-refractivity contribution in [3.63, 3.8) is 0 Å². The second kappa shape index (κ2) is 8.06. The van der Waals surface area contributed by atoms with Crippen LogP contribution in [0.2, 0.25) is 0 Å². The number of hydrogen-bond acceptors (Lipinski definition) is 4. The summed E-state index contributed by atoms with van der Waals surface area (Å²) in [5, 5.41) is 13.1. The molecule has 1 saturated heterocycles. The standard InChI is InChI=1S/C19H30N4O2/c1-3-22-10-12-23(13-11-22)17-7-5-4-6-16(17)20-19(25)21(2)14-18(24)15-8-9-15/h4-7,15,18,24H,3,8-14H2,1-2H3,(H,20,25). The van der Waals surface area contributed by atoms with Gasteiger partial charge >= 0.3 is 6.03 Å². The molecule has 0 bridgehead atoms. The third kappa shape index (κ3) is 4.64. The number of rotatable bonds is 6. The third-order valence-electron chi connectivity index (χ3n) is 5.28. The van der Waals surface area contributed by atoms with Gasteiger partial charge in [-0.05, 0) is 37.4 Å². The molecular weight excluding hydrogens is 316 g/mol. The van der Waals surface area contributed by atoms with Gasteiger partial charge in [0.05, 0.1) is 17.5 Å². The number of likely N-dealkylation sites (N-methyl/N-ethyl adjacent to an activating group) is 2. The lowest BCUT2D eigenvalue weighted by Gasteiger charge is -2.36. The molecule has 1 unspecified atom stereocenters. The number of aliphatic hydroxyl groups excluding tert-OH is 1. The molecule has 0 aromatic heterocycles. The minimum atomic E-state index is -0.409. The third-order valence-corrected chi connectivity index (χ3v) is 5.28. The van der Waals surface area contributed by atoms with Gasteiger partial charge in [-0.2, -0.15) is 0 Å². The van der Waals surface area contributed by atoms with Gasteiger partial charge in [-0.1, -0.05) is 19.1 Å². The van der Waals surface area contributed by atoms with Crippen molar-refractivity contribution in [3.05, 3.63) is 24.3 Å². The number of amides is 2. The Morgan fingerprint density at radius 2 is 1.96 bits per heavy atom. The topological polar surface area (TPSA) is 59.0 Å². The van der Waals surface area contributed by atoms with E-state index in [2.05, 4.69) is 28.1 Å². The highest BCUT2D eigenvalue weighted by Crippen LogP contribution is 2.33. The number of benzene rings is 1. The van der Waals surface area contributed by atoms with Crippen LogP contribution in [-0.4, -0.2) is 73.4 Å². The van der Waals surface area contributed by atoms with E-state index in [1.54, 1.807) is 11.9 Å². The summed E-state index contributed by atoms with van der Waals surface area (Å²) < 4.78 is 0.